The smallest absolute Gasteiger partial charge is 0.309 e. The van der Waals surface area contributed by atoms with Crippen LogP contribution in [0.25, 0.3) is 0 Å². The highest BCUT2D eigenvalue weighted by Crippen LogP contribution is 2.15. The van der Waals surface area contributed by atoms with Gasteiger partial charge in [0.2, 0.25) is 0 Å². The summed E-state index contributed by atoms with van der Waals surface area (Å²) in [7, 11) is 0. The molecule has 0 fully saturated rings. The summed E-state index contributed by atoms with van der Waals surface area (Å²) in [5.74, 6) is -0.910. The summed E-state index contributed by atoms with van der Waals surface area (Å²) in [6, 6.07) is 0. The first-order valence-electron chi connectivity index (χ1n) is 3.30. The van der Waals surface area contributed by atoms with Crippen molar-refractivity contribution in [3.05, 3.63) is 11.1 Å². The van der Waals surface area contributed by atoms with Crippen molar-refractivity contribution in [3.63, 3.8) is 0 Å². The van der Waals surface area contributed by atoms with Gasteiger partial charge in [-0.3, -0.25) is 4.79 Å². The Balaban J connectivity index is 2.63. The van der Waals surface area contributed by atoms with E-state index in [0.29, 0.717) is 10.8 Å². The number of nitrogens with one attached hydrogen (secondary N) is 1. The fourth-order valence-corrected chi connectivity index (χ4v) is 1.59. The monoisotopic (exact) mass is 217 g/mol. The first kappa shape index (κ1) is 9.87. The van der Waals surface area contributed by atoms with Crippen LogP contribution in [0.2, 0.25) is 0 Å². The highest BCUT2D eigenvalue weighted by Gasteiger charge is 2.05. The molecule has 0 aromatic carbocycles. The predicted octanol–water partition coefficient (Wildman–Crippen LogP) is 0.426. The fraction of sp³-hybridized carbons (Fsp3) is 0.167. The van der Waals surface area contributed by atoms with Crippen LogP contribution in [0, 0.1) is 0 Å². The maximum absolute atomic E-state index is 10.3. The largest absolute Gasteiger partial charge is 0.481 e. The number of carbonyl (C=O) groups is 1. The Morgan fingerprint density at radius 3 is 3.08 bits per heavy atom. The van der Waals surface area contributed by atoms with Crippen LogP contribution in [0.15, 0.2) is 5.38 Å². The molecule has 13 heavy (non-hydrogen) atoms. The molecule has 0 amide bonds. The third-order valence-electron chi connectivity index (χ3n) is 1.11. The Morgan fingerprint density at radius 1 is 1.85 bits per heavy atom. The molecule has 0 spiro atoms. The van der Waals surface area contributed by atoms with Gasteiger partial charge in [0.25, 0.3) is 0 Å². The third kappa shape index (κ3) is 3.34. The summed E-state index contributed by atoms with van der Waals surface area (Å²) < 4.78 is 0. The van der Waals surface area contributed by atoms with E-state index in [1.807, 2.05) is 0 Å². The molecule has 0 atom stereocenters. The molecule has 0 bridgehead atoms. The van der Waals surface area contributed by atoms with Gasteiger partial charge in [-0.2, -0.15) is 0 Å². The summed E-state index contributed by atoms with van der Waals surface area (Å²) in [6.45, 7) is 0. The minimum atomic E-state index is -0.910. The number of rotatable bonds is 3. The molecule has 1 aromatic rings. The number of nitrogens with zero attached hydrogens (tertiary/aromatic N) is 1. The lowest BCUT2D eigenvalue weighted by Crippen LogP contribution is -2.18. The number of carboxylic acids is 1. The summed E-state index contributed by atoms with van der Waals surface area (Å²) in [5.41, 5.74) is 5.70. The normalized spacial score (nSPS) is 9.54. The van der Waals surface area contributed by atoms with E-state index in [-0.39, 0.29) is 11.5 Å². The Bertz CT molecular complexity index is 306. The van der Waals surface area contributed by atoms with Gasteiger partial charge in [0.15, 0.2) is 10.2 Å². The van der Waals surface area contributed by atoms with E-state index < -0.39 is 5.97 Å². The molecule has 0 saturated heterocycles. The molecular formula is C6H7N3O2S2. The van der Waals surface area contributed by atoms with Crippen LogP contribution in [0.5, 0.6) is 0 Å². The van der Waals surface area contributed by atoms with Gasteiger partial charge in [-0.05, 0) is 12.2 Å². The van der Waals surface area contributed by atoms with Crippen LogP contribution in [-0.2, 0) is 11.2 Å². The van der Waals surface area contributed by atoms with Gasteiger partial charge in [-0.15, -0.1) is 11.3 Å². The van der Waals surface area contributed by atoms with E-state index in [1.54, 1.807) is 5.38 Å². The topological polar surface area (TPSA) is 88.2 Å². The lowest BCUT2D eigenvalue weighted by molar-refractivity contribution is -0.136. The predicted molar refractivity (Wildman–Crippen MR) is 53.9 cm³/mol. The van der Waals surface area contributed by atoms with Crippen LogP contribution >= 0.6 is 23.6 Å². The minimum absolute atomic E-state index is 0.0878. The maximum atomic E-state index is 10.3. The summed E-state index contributed by atoms with van der Waals surface area (Å²) >= 11 is 5.86. The molecule has 4 N–H and O–H groups in total. The van der Waals surface area contributed by atoms with E-state index in [0.717, 1.165) is 0 Å². The summed E-state index contributed by atoms with van der Waals surface area (Å²) in [5, 5.41) is 13.4. The quantitative estimate of drug-likeness (QED) is 0.636. The lowest BCUT2D eigenvalue weighted by atomic mass is 10.3. The molecular weight excluding hydrogens is 210 g/mol. The standard InChI is InChI=1S/C6H7N3O2S2/c7-5(12)9-6-8-3(2-13-6)1-4(10)11/h2H,1H2,(H,10,11)(H3,7,8,9,12). The van der Waals surface area contributed by atoms with E-state index in [9.17, 15) is 4.79 Å². The molecule has 0 radical (unpaired) electrons. The average Bonchev–Trinajstić information content (AvgIpc) is 2.33. The van der Waals surface area contributed by atoms with Crippen LogP contribution in [0.1, 0.15) is 5.69 Å². The second-order valence-corrected chi connectivity index (χ2v) is 3.50. The first-order chi connectivity index (χ1) is 6.08. The van der Waals surface area contributed by atoms with Crippen molar-refractivity contribution in [2.45, 2.75) is 6.42 Å². The highest BCUT2D eigenvalue weighted by molar-refractivity contribution is 7.80. The van der Waals surface area contributed by atoms with Crippen LogP contribution < -0.4 is 11.1 Å². The van der Waals surface area contributed by atoms with E-state index in [2.05, 4.69) is 22.5 Å². The van der Waals surface area contributed by atoms with Gasteiger partial charge in [-0.25, -0.2) is 4.98 Å². The zero-order chi connectivity index (χ0) is 9.84. The first-order valence-corrected chi connectivity index (χ1v) is 4.59. The molecule has 0 aliphatic carbocycles. The zero-order valence-electron chi connectivity index (χ0n) is 6.48. The Kier molecular flexibility index (Phi) is 3.15. The van der Waals surface area contributed by atoms with Crippen LogP contribution in [-0.4, -0.2) is 21.2 Å². The number of carboxylic acid groups (broad SMARTS) is 1. The number of nitrogens with two attached hydrogens (primary N) is 1. The number of aliphatic carboxylic acids is 1. The average molecular weight is 217 g/mol. The van der Waals surface area contributed by atoms with Crippen molar-refractivity contribution in [2.75, 3.05) is 5.32 Å². The van der Waals surface area contributed by atoms with Gasteiger partial charge in [0, 0.05) is 5.38 Å². The molecule has 0 aliphatic rings. The number of thiocarbonyl (C=S) groups is 1. The Morgan fingerprint density at radius 2 is 2.54 bits per heavy atom. The molecule has 1 aromatic heterocycles. The third-order valence-corrected chi connectivity index (χ3v) is 2.02. The van der Waals surface area contributed by atoms with E-state index >= 15 is 0 Å². The van der Waals surface area contributed by atoms with Crippen molar-refractivity contribution in [1.29, 1.82) is 0 Å². The van der Waals surface area contributed by atoms with Crippen molar-refractivity contribution in [2.24, 2.45) is 5.73 Å². The SMILES string of the molecule is NC(=S)Nc1nc(CC(=O)O)cs1. The molecule has 7 heteroatoms. The molecule has 5 nitrogen and oxygen atoms in total. The molecule has 0 unspecified atom stereocenters. The van der Waals surface area contributed by atoms with E-state index in [1.165, 1.54) is 11.3 Å². The van der Waals surface area contributed by atoms with Gasteiger partial charge >= 0.3 is 5.97 Å². The Labute approximate surface area is 83.6 Å². The number of anilines is 1. The molecule has 1 rings (SSSR count). The van der Waals surface area contributed by atoms with Crippen molar-refractivity contribution in [3.8, 4) is 0 Å². The molecule has 1 heterocycles. The zero-order valence-corrected chi connectivity index (χ0v) is 8.11. The van der Waals surface area contributed by atoms with Crippen LogP contribution in [0.3, 0.4) is 0 Å². The van der Waals surface area contributed by atoms with Crippen molar-refractivity contribution >= 4 is 39.8 Å². The number of hydrogen-bond acceptors (Lipinski definition) is 4. The van der Waals surface area contributed by atoms with Gasteiger partial charge in [0.05, 0.1) is 12.1 Å². The molecule has 0 aliphatic heterocycles. The second kappa shape index (κ2) is 4.15. The summed E-state index contributed by atoms with van der Waals surface area (Å²) in [4.78, 5) is 14.2. The van der Waals surface area contributed by atoms with E-state index in [4.69, 9.17) is 10.8 Å². The van der Waals surface area contributed by atoms with Crippen molar-refractivity contribution < 1.29 is 9.90 Å². The number of aromatic nitrogens is 1. The molecule has 0 saturated carbocycles. The van der Waals surface area contributed by atoms with Gasteiger partial charge in [0.1, 0.15) is 0 Å². The second-order valence-electron chi connectivity index (χ2n) is 2.20. The molecule has 70 valence electrons. The van der Waals surface area contributed by atoms with Crippen LogP contribution in [0.4, 0.5) is 5.13 Å². The number of hydrogen-bond donors (Lipinski definition) is 3. The fourth-order valence-electron chi connectivity index (χ4n) is 0.706. The lowest BCUT2D eigenvalue weighted by Gasteiger charge is -1.95. The van der Waals surface area contributed by atoms with Gasteiger partial charge in [-0.1, -0.05) is 0 Å². The van der Waals surface area contributed by atoms with Gasteiger partial charge < -0.3 is 16.2 Å². The minimum Gasteiger partial charge on any atom is -0.481 e. The maximum Gasteiger partial charge on any atom is 0.309 e. The Hall–Kier alpha value is -1.21. The summed E-state index contributed by atoms with van der Waals surface area (Å²) in [6.07, 6.45) is -0.0878. The van der Waals surface area contributed by atoms with Crippen molar-refractivity contribution in [1.82, 2.24) is 4.98 Å². The highest BCUT2D eigenvalue weighted by atomic mass is 32.1. The number of thiazole rings is 1.